The third-order valence-corrected chi connectivity index (χ3v) is 7.04. The number of amides is 2. The number of nitrogens with zero attached hydrogens (tertiary/aromatic N) is 2. The zero-order valence-electron chi connectivity index (χ0n) is 18.7. The molecule has 2 aromatic heterocycles. The molecule has 6 heteroatoms. The molecular weight excluding hydrogens is 462 g/mol. The number of anilines is 1. The number of hydrogen-bond acceptors (Lipinski definition) is 2. The summed E-state index contributed by atoms with van der Waals surface area (Å²) in [6.07, 6.45) is 0. The number of para-hydroxylation sites is 1. The molecule has 0 saturated carbocycles. The molecule has 0 saturated heterocycles. The number of halogens is 1. The van der Waals surface area contributed by atoms with Gasteiger partial charge in [0.25, 0.3) is 0 Å². The van der Waals surface area contributed by atoms with Crippen LogP contribution in [-0.2, 0) is 20.1 Å². The van der Waals surface area contributed by atoms with Gasteiger partial charge in [-0.1, -0.05) is 66.2 Å². The fraction of sp³-hybridized carbons (Fsp3) is 0.107. The number of hydrogen-bond donors (Lipinski definition) is 1. The number of carbonyl (C=O) groups is 1. The molecular formula is C28H24ClN3OS. The molecule has 1 N–H and O–H groups in total. The molecule has 2 heterocycles. The smallest absolute Gasteiger partial charge is 0.322 e. The Kier molecular flexibility index (Phi) is 6.39. The molecule has 5 rings (SSSR count). The SMILES string of the molecule is Cn1c(-c2cccs2)c(CN(Cc2ccccc2)C(=O)Nc2ccc(Cl)cc2)c2ccccc21. The normalized spacial score (nSPS) is 11.0. The van der Waals surface area contributed by atoms with E-state index in [0.29, 0.717) is 23.8 Å². The van der Waals surface area contributed by atoms with Gasteiger partial charge in [-0.3, -0.25) is 0 Å². The van der Waals surface area contributed by atoms with Gasteiger partial charge in [-0.2, -0.15) is 0 Å². The van der Waals surface area contributed by atoms with Crippen molar-refractivity contribution in [2.24, 2.45) is 7.05 Å². The fourth-order valence-corrected chi connectivity index (χ4v) is 5.25. The number of nitrogens with one attached hydrogen (secondary N) is 1. The summed E-state index contributed by atoms with van der Waals surface area (Å²) >= 11 is 7.74. The fourth-order valence-electron chi connectivity index (χ4n) is 4.29. The van der Waals surface area contributed by atoms with Crippen LogP contribution < -0.4 is 5.32 Å². The second-order valence-electron chi connectivity index (χ2n) is 8.16. The highest BCUT2D eigenvalue weighted by Crippen LogP contribution is 2.36. The van der Waals surface area contributed by atoms with Crippen molar-refractivity contribution < 1.29 is 4.79 Å². The summed E-state index contributed by atoms with van der Waals surface area (Å²) in [5.41, 5.74) is 5.23. The van der Waals surface area contributed by atoms with Gasteiger partial charge in [-0.05, 0) is 47.3 Å². The number of aromatic nitrogens is 1. The van der Waals surface area contributed by atoms with Crippen LogP contribution in [0.1, 0.15) is 11.1 Å². The summed E-state index contributed by atoms with van der Waals surface area (Å²) in [5.74, 6) is 0. The lowest BCUT2D eigenvalue weighted by Gasteiger charge is -2.24. The maximum absolute atomic E-state index is 13.5. The molecule has 0 aliphatic heterocycles. The van der Waals surface area contributed by atoms with Crippen LogP contribution in [-0.4, -0.2) is 15.5 Å². The molecule has 170 valence electrons. The molecule has 4 nitrogen and oxygen atoms in total. The van der Waals surface area contributed by atoms with Crippen LogP contribution in [0.3, 0.4) is 0 Å². The number of urea groups is 1. The molecule has 0 aliphatic rings. The maximum Gasteiger partial charge on any atom is 0.322 e. The van der Waals surface area contributed by atoms with E-state index in [-0.39, 0.29) is 6.03 Å². The number of benzene rings is 3. The molecule has 0 bridgehead atoms. The standard InChI is InChI=1S/C28H24ClN3OS/c1-31-25-11-6-5-10-23(25)24(27(31)26-12-7-17-34-26)19-32(18-20-8-3-2-4-9-20)28(33)30-22-15-13-21(29)14-16-22/h2-17H,18-19H2,1H3,(H,30,33). The van der Waals surface area contributed by atoms with Crippen molar-refractivity contribution in [1.82, 2.24) is 9.47 Å². The van der Waals surface area contributed by atoms with Gasteiger partial charge in [0.15, 0.2) is 0 Å². The van der Waals surface area contributed by atoms with Crippen molar-refractivity contribution in [1.29, 1.82) is 0 Å². The maximum atomic E-state index is 13.5. The lowest BCUT2D eigenvalue weighted by molar-refractivity contribution is 0.206. The van der Waals surface area contributed by atoms with Crippen molar-refractivity contribution in [2.75, 3.05) is 5.32 Å². The molecule has 0 radical (unpaired) electrons. The minimum atomic E-state index is -0.156. The summed E-state index contributed by atoms with van der Waals surface area (Å²) in [4.78, 5) is 16.6. The van der Waals surface area contributed by atoms with Crippen LogP contribution in [0.4, 0.5) is 10.5 Å². The van der Waals surface area contributed by atoms with E-state index >= 15 is 0 Å². The Hall–Kier alpha value is -3.54. The van der Waals surface area contributed by atoms with Gasteiger partial charge >= 0.3 is 6.03 Å². The van der Waals surface area contributed by atoms with E-state index in [1.165, 1.54) is 4.88 Å². The second kappa shape index (κ2) is 9.75. The summed E-state index contributed by atoms with van der Waals surface area (Å²) in [6.45, 7) is 0.969. The minimum Gasteiger partial charge on any atom is -0.343 e. The van der Waals surface area contributed by atoms with E-state index in [0.717, 1.165) is 27.7 Å². The third-order valence-electron chi connectivity index (χ3n) is 5.91. The van der Waals surface area contributed by atoms with Gasteiger partial charge in [-0.25, -0.2) is 4.79 Å². The average Bonchev–Trinajstić information content (AvgIpc) is 3.48. The van der Waals surface area contributed by atoms with E-state index in [2.05, 4.69) is 58.7 Å². The highest BCUT2D eigenvalue weighted by Gasteiger charge is 2.22. The van der Waals surface area contributed by atoms with Crippen LogP contribution >= 0.6 is 22.9 Å². The minimum absolute atomic E-state index is 0.156. The Bertz CT molecular complexity index is 1410. The predicted octanol–water partition coefficient (Wildman–Crippen LogP) is 7.79. The quantitative estimate of drug-likeness (QED) is 0.262. The first-order chi connectivity index (χ1) is 16.6. The summed E-state index contributed by atoms with van der Waals surface area (Å²) in [5, 5.41) is 6.92. The van der Waals surface area contributed by atoms with Gasteiger partial charge in [-0.15, -0.1) is 11.3 Å². The molecule has 2 amide bonds. The van der Waals surface area contributed by atoms with Crippen LogP contribution in [0.15, 0.2) is 96.4 Å². The van der Waals surface area contributed by atoms with Crippen LogP contribution in [0, 0.1) is 0 Å². The molecule has 3 aromatic carbocycles. The first kappa shape index (κ1) is 22.3. The largest absolute Gasteiger partial charge is 0.343 e. The monoisotopic (exact) mass is 485 g/mol. The Morgan fingerprint density at radius 2 is 1.65 bits per heavy atom. The lowest BCUT2D eigenvalue weighted by Crippen LogP contribution is -2.34. The van der Waals surface area contributed by atoms with Gasteiger partial charge in [0.1, 0.15) is 0 Å². The zero-order valence-corrected chi connectivity index (χ0v) is 20.3. The van der Waals surface area contributed by atoms with E-state index in [4.69, 9.17) is 11.6 Å². The van der Waals surface area contributed by atoms with E-state index in [9.17, 15) is 4.79 Å². The molecule has 0 fully saturated rings. The third kappa shape index (κ3) is 4.58. The van der Waals surface area contributed by atoms with Crippen molar-refractivity contribution in [3.05, 3.63) is 113 Å². The number of aryl methyl sites for hydroxylation is 1. The first-order valence-electron chi connectivity index (χ1n) is 11.1. The summed E-state index contributed by atoms with van der Waals surface area (Å²) in [6, 6.07) is 29.7. The predicted molar refractivity (Wildman–Crippen MR) is 142 cm³/mol. The van der Waals surface area contributed by atoms with Gasteiger partial charge in [0.2, 0.25) is 0 Å². The molecule has 5 aromatic rings. The Morgan fingerprint density at radius 3 is 2.38 bits per heavy atom. The molecule has 0 unspecified atom stereocenters. The van der Waals surface area contributed by atoms with Crippen molar-refractivity contribution in [3.8, 4) is 10.6 Å². The average molecular weight is 486 g/mol. The lowest BCUT2D eigenvalue weighted by atomic mass is 10.1. The summed E-state index contributed by atoms with van der Waals surface area (Å²) < 4.78 is 2.23. The molecule has 0 aliphatic carbocycles. The molecule has 0 atom stereocenters. The van der Waals surface area contributed by atoms with Crippen molar-refractivity contribution >= 4 is 45.6 Å². The van der Waals surface area contributed by atoms with Crippen LogP contribution in [0.2, 0.25) is 5.02 Å². The van der Waals surface area contributed by atoms with E-state index in [1.54, 1.807) is 23.5 Å². The van der Waals surface area contributed by atoms with Gasteiger partial charge < -0.3 is 14.8 Å². The van der Waals surface area contributed by atoms with Crippen molar-refractivity contribution in [2.45, 2.75) is 13.1 Å². The number of fused-ring (bicyclic) bond motifs is 1. The van der Waals surface area contributed by atoms with Crippen LogP contribution in [0.5, 0.6) is 0 Å². The van der Waals surface area contributed by atoms with Crippen LogP contribution in [0.25, 0.3) is 21.5 Å². The number of carbonyl (C=O) groups excluding carboxylic acids is 1. The Labute approximate surface area is 208 Å². The topological polar surface area (TPSA) is 37.3 Å². The highest BCUT2D eigenvalue weighted by atomic mass is 35.5. The Balaban J connectivity index is 1.55. The van der Waals surface area contributed by atoms with Gasteiger partial charge in [0.05, 0.1) is 17.1 Å². The van der Waals surface area contributed by atoms with Crippen molar-refractivity contribution in [3.63, 3.8) is 0 Å². The van der Waals surface area contributed by atoms with E-state index < -0.39 is 0 Å². The number of thiophene rings is 1. The molecule has 0 spiro atoms. The Morgan fingerprint density at radius 1 is 0.912 bits per heavy atom. The zero-order chi connectivity index (χ0) is 23.5. The number of rotatable bonds is 6. The van der Waals surface area contributed by atoms with Gasteiger partial charge in [0, 0.05) is 40.8 Å². The highest BCUT2D eigenvalue weighted by molar-refractivity contribution is 7.13. The first-order valence-corrected chi connectivity index (χ1v) is 12.3. The second-order valence-corrected chi connectivity index (χ2v) is 9.54. The summed E-state index contributed by atoms with van der Waals surface area (Å²) in [7, 11) is 2.09. The van der Waals surface area contributed by atoms with E-state index in [1.807, 2.05) is 47.4 Å². The molecule has 34 heavy (non-hydrogen) atoms.